The Labute approximate surface area is 194 Å². The van der Waals surface area contributed by atoms with E-state index in [0.29, 0.717) is 11.3 Å². The molecule has 3 nitrogen and oxygen atoms in total. The lowest BCUT2D eigenvalue weighted by Gasteiger charge is -2.27. The van der Waals surface area contributed by atoms with Gasteiger partial charge in [0.25, 0.3) is 0 Å². The molecule has 34 heavy (non-hydrogen) atoms. The van der Waals surface area contributed by atoms with Gasteiger partial charge in [-0.25, -0.2) is 13.8 Å². The van der Waals surface area contributed by atoms with Crippen LogP contribution in [0.25, 0.3) is 0 Å². The molecule has 178 valence electrons. The van der Waals surface area contributed by atoms with Crippen LogP contribution in [0.3, 0.4) is 0 Å². The van der Waals surface area contributed by atoms with Gasteiger partial charge in [-0.15, -0.1) is 0 Å². The molecule has 1 aliphatic rings. The van der Waals surface area contributed by atoms with Crippen molar-refractivity contribution in [2.75, 3.05) is 4.90 Å². The van der Waals surface area contributed by atoms with Gasteiger partial charge in [-0.2, -0.15) is 13.2 Å². The van der Waals surface area contributed by atoms with Crippen LogP contribution in [0.15, 0.2) is 66.7 Å². The Balaban J connectivity index is 1.68. The fourth-order valence-electron chi connectivity index (χ4n) is 4.64. The van der Waals surface area contributed by atoms with Crippen molar-refractivity contribution in [2.24, 2.45) is 5.92 Å². The molecular weight excluding hydrogens is 451 g/mol. The molecule has 0 aliphatic carbocycles. The summed E-state index contributed by atoms with van der Waals surface area (Å²) >= 11 is 0. The molecule has 0 bridgehead atoms. The highest BCUT2D eigenvalue weighted by molar-refractivity contribution is 5.98. The number of para-hydroxylation sites is 1. The summed E-state index contributed by atoms with van der Waals surface area (Å²) in [7, 11) is 0. The molecule has 1 saturated heterocycles. The van der Waals surface area contributed by atoms with Gasteiger partial charge in [0.05, 0.1) is 6.04 Å². The number of carbonyl (C=O) groups excluding carboxylic acids is 1. The highest BCUT2D eigenvalue weighted by Crippen LogP contribution is 2.45. The van der Waals surface area contributed by atoms with Crippen LogP contribution in [0.4, 0.5) is 27.6 Å². The van der Waals surface area contributed by atoms with E-state index in [2.05, 4.69) is 4.98 Å². The Morgan fingerprint density at radius 3 is 2.15 bits per heavy atom. The lowest BCUT2D eigenvalue weighted by Crippen LogP contribution is -2.32. The summed E-state index contributed by atoms with van der Waals surface area (Å²) in [4.78, 5) is 18.9. The molecule has 0 saturated carbocycles. The lowest BCUT2D eigenvalue weighted by atomic mass is 9.78. The monoisotopic (exact) mass is 474 g/mol. The predicted molar refractivity (Wildman–Crippen MR) is 118 cm³/mol. The fraction of sp³-hybridized carbons (Fsp3) is 0.308. The van der Waals surface area contributed by atoms with E-state index in [-0.39, 0.29) is 24.4 Å². The van der Waals surface area contributed by atoms with E-state index in [1.54, 1.807) is 44.2 Å². The Morgan fingerprint density at radius 1 is 0.912 bits per heavy atom. The van der Waals surface area contributed by atoms with Gasteiger partial charge >= 0.3 is 6.18 Å². The molecule has 0 N–H and O–H groups in total. The van der Waals surface area contributed by atoms with Gasteiger partial charge in [-0.3, -0.25) is 4.79 Å². The highest BCUT2D eigenvalue weighted by atomic mass is 19.4. The van der Waals surface area contributed by atoms with Crippen LogP contribution in [0.1, 0.15) is 49.7 Å². The van der Waals surface area contributed by atoms with Crippen LogP contribution in [0.2, 0.25) is 0 Å². The van der Waals surface area contributed by atoms with Crippen molar-refractivity contribution < 1.29 is 26.7 Å². The number of benzene rings is 2. The van der Waals surface area contributed by atoms with E-state index < -0.39 is 40.9 Å². The number of rotatable bonds is 5. The lowest BCUT2D eigenvalue weighted by molar-refractivity contribution is -0.141. The zero-order chi connectivity index (χ0) is 24.7. The maximum absolute atomic E-state index is 14.0. The molecule has 4 rings (SSSR count). The quantitative estimate of drug-likeness (QED) is 0.379. The number of aromatic nitrogens is 1. The van der Waals surface area contributed by atoms with E-state index >= 15 is 0 Å². The fourth-order valence-corrected chi connectivity index (χ4v) is 4.64. The third-order valence-corrected chi connectivity index (χ3v) is 6.20. The number of nitrogens with zero attached hydrogens (tertiary/aromatic N) is 2. The van der Waals surface area contributed by atoms with E-state index in [4.69, 9.17) is 0 Å². The number of carbonyl (C=O) groups is 1. The number of hydrogen-bond acceptors (Lipinski definition) is 2. The van der Waals surface area contributed by atoms with E-state index in [9.17, 15) is 26.7 Å². The number of halogens is 5. The Hall–Kier alpha value is -3.29. The molecule has 1 amide bonds. The molecule has 2 heterocycles. The predicted octanol–water partition coefficient (Wildman–Crippen LogP) is 6.84. The molecule has 1 fully saturated rings. The first-order valence-electron chi connectivity index (χ1n) is 10.8. The summed E-state index contributed by atoms with van der Waals surface area (Å²) in [6.07, 6.45) is -4.09. The van der Waals surface area contributed by atoms with E-state index in [1.807, 2.05) is 0 Å². The summed E-state index contributed by atoms with van der Waals surface area (Å²) in [5.74, 6) is -2.32. The minimum absolute atomic E-state index is 0.220. The van der Waals surface area contributed by atoms with Crippen LogP contribution in [0, 0.1) is 17.6 Å². The van der Waals surface area contributed by atoms with Crippen molar-refractivity contribution in [3.05, 3.63) is 95.3 Å². The summed E-state index contributed by atoms with van der Waals surface area (Å²) in [6, 6.07) is 15.1. The second-order valence-electron chi connectivity index (χ2n) is 9.19. The number of anilines is 1. The first-order valence-corrected chi connectivity index (χ1v) is 10.8. The molecule has 0 spiro atoms. The number of hydrogen-bond donors (Lipinski definition) is 0. The largest absolute Gasteiger partial charge is 0.433 e. The van der Waals surface area contributed by atoms with Crippen molar-refractivity contribution in [2.45, 2.75) is 44.3 Å². The van der Waals surface area contributed by atoms with Gasteiger partial charge < -0.3 is 4.90 Å². The Morgan fingerprint density at radius 2 is 1.53 bits per heavy atom. The van der Waals surface area contributed by atoms with Crippen molar-refractivity contribution >= 4 is 11.6 Å². The summed E-state index contributed by atoms with van der Waals surface area (Å²) in [5, 5.41) is 0. The maximum atomic E-state index is 14.0. The van der Waals surface area contributed by atoms with Crippen molar-refractivity contribution in [3.8, 4) is 0 Å². The standard InChI is InChI=1S/C26H23F5N2O/c1-25(2,22-9-6-10-23(32-22)26(29,30)31)15-17-13-21(16-11-18(27)14-19(28)12-16)33(24(17)34)20-7-4-3-5-8-20/h3-12,14,17,21H,13,15H2,1-2H3/t17-,21+/m0/s1. The summed E-state index contributed by atoms with van der Waals surface area (Å²) in [6.45, 7) is 3.48. The molecule has 0 radical (unpaired) electrons. The zero-order valence-electron chi connectivity index (χ0n) is 18.6. The first-order chi connectivity index (χ1) is 16.0. The van der Waals surface area contributed by atoms with Gasteiger partial charge in [0.1, 0.15) is 17.3 Å². The average Bonchev–Trinajstić information content (AvgIpc) is 3.09. The third-order valence-electron chi connectivity index (χ3n) is 6.20. The molecule has 2 aromatic carbocycles. The zero-order valence-corrected chi connectivity index (χ0v) is 18.6. The summed E-state index contributed by atoms with van der Waals surface area (Å²) in [5.41, 5.74) is -0.713. The minimum Gasteiger partial charge on any atom is -0.305 e. The van der Waals surface area contributed by atoms with Gasteiger partial charge in [-0.1, -0.05) is 38.1 Å². The Kier molecular flexibility index (Phi) is 6.18. The second-order valence-corrected chi connectivity index (χ2v) is 9.19. The smallest absolute Gasteiger partial charge is 0.305 e. The van der Waals surface area contributed by atoms with Crippen molar-refractivity contribution in [1.29, 1.82) is 0 Å². The number of alkyl halides is 3. The normalized spacial score (nSPS) is 19.0. The van der Waals surface area contributed by atoms with Crippen molar-refractivity contribution in [3.63, 3.8) is 0 Å². The van der Waals surface area contributed by atoms with E-state index in [1.165, 1.54) is 29.2 Å². The number of pyridine rings is 1. The molecule has 8 heteroatoms. The van der Waals surface area contributed by atoms with Gasteiger partial charge in [-0.05, 0) is 54.8 Å². The molecule has 1 aliphatic heterocycles. The Bertz CT molecular complexity index is 1170. The number of amides is 1. The molecule has 3 aromatic rings. The molecular formula is C26H23F5N2O. The molecule has 0 unspecified atom stereocenters. The van der Waals surface area contributed by atoms with Gasteiger partial charge in [0.15, 0.2) is 0 Å². The van der Waals surface area contributed by atoms with Crippen molar-refractivity contribution in [1.82, 2.24) is 4.98 Å². The SMILES string of the molecule is CC(C)(C[C@@H]1C[C@H](c2cc(F)cc(F)c2)N(c2ccccc2)C1=O)c1cccc(C(F)(F)F)n1. The highest BCUT2D eigenvalue weighted by Gasteiger charge is 2.44. The van der Waals surface area contributed by atoms with Crippen LogP contribution in [-0.4, -0.2) is 10.9 Å². The third kappa shape index (κ3) is 4.81. The second kappa shape index (κ2) is 8.81. The van der Waals surface area contributed by atoms with Gasteiger partial charge in [0.2, 0.25) is 5.91 Å². The molecule has 1 aromatic heterocycles. The van der Waals surface area contributed by atoms with E-state index in [0.717, 1.165) is 12.1 Å². The van der Waals surface area contributed by atoms with Crippen LogP contribution in [-0.2, 0) is 16.4 Å². The maximum Gasteiger partial charge on any atom is 0.433 e. The summed E-state index contributed by atoms with van der Waals surface area (Å²) < 4.78 is 67.5. The average molecular weight is 474 g/mol. The minimum atomic E-state index is -4.58. The van der Waals surface area contributed by atoms with Crippen LogP contribution < -0.4 is 4.90 Å². The first kappa shape index (κ1) is 23.9. The van der Waals surface area contributed by atoms with Crippen LogP contribution in [0.5, 0.6) is 0 Å². The molecule has 2 atom stereocenters. The van der Waals surface area contributed by atoms with Gasteiger partial charge in [0, 0.05) is 28.8 Å². The topological polar surface area (TPSA) is 33.2 Å². The van der Waals surface area contributed by atoms with Crippen LogP contribution >= 0.6 is 0 Å².